The molecule has 170 valence electrons. The van der Waals surface area contributed by atoms with Crippen molar-refractivity contribution < 1.29 is 15.3 Å². The highest BCUT2D eigenvalue weighted by molar-refractivity contribution is 5.38. The Balaban J connectivity index is 1.70. The predicted octanol–water partition coefficient (Wildman–Crippen LogP) is 5.70. The minimum atomic E-state index is -0.615. The highest BCUT2D eigenvalue weighted by atomic mass is 16.3. The van der Waals surface area contributed by atoms with Crippen LogP contribution in [0.4, 0.5) is 0 Å². The zero-order valence-corrected chi connectivity index (χ0v) is 19.7. The van der Waals surface area contributed by atoms with E-state index < -0.39 is 17.8 Å². The second-order valence-corrected chi connectivity index (χ2v) is 11.3. The van der Waals surface area contributed by atoms with E-state index in [1.165, 1.54) is 38.5 Å². The van der Waals surface area contributed by atoms with E-state index >= 15 is 0 Å². The standard InChI is InChI=1S/C27H44O3/c1-18(8-6-14-26(3,4)30)23-12-13-24-20(9-7-15-27(23,24)5)10-11-21-16-22(28)17-25(29)19(21)2/h10-11,18,22-25,28-30H,2,6-9,12-17H2,1,3-5H3/b20-10+,21-11-/t18?,22?,23?,24?,25-,27+/m0/s1. The van der Waals surface area contributed by atoms with Gasteiger partial charge in [0.1, 0.15) is 0 Å². The quantitative estimate of drug-likeness (QED) is 0.520. The summed E-state index contributed by atoms with van der Waals surface area (Å²) in [4.78, 5) is 0. The Morgan fingerprint density at radius 1 is 1.23 bits per heavy atom. The van der Waals surface area contributed by atoms with E-state index in [1.54, 1.807) is 5.57 Å². The molecule has 3 heteroatoms. The first-order valence-corrected chi connectivity index (χ1v) is 12.2. The fourth-order valence-corrected chi connectivity index (χ4v) is 6.74. The summed E-state index contributed by atoms with van der Waals surface area (Å²) in [5.41, 5.74) is 3.17. The van der Waals surface area contributed by atoms with E-state index in [0.29, 0.717) is 30.1 Å². The van der Waals surface area contributed by atoms with Crippen LogP contribution in [-0.2, 0) is 0 Å². The van der Waals surface area contributed by atoms with Gasteiger partial charge in [-0.15, -0.1) is 0 Å². The van der Waals surface area contributed by atoms with Crippen molar-refractivity contribution in [3.05, 3.63) is 35.5 Å². The first-order valence-electron chi connectivity index (χ1n) is 12.2. The van der Waals surface area contributed by atoms with Crippen LogP contribution in [0, 0.1) is 23.2 Å². The molecule has 3 fully saturated rings. The molecule has 3 N–H and O–H groups in total. The Bertz CT molecular complexity index is 683. The summed E-state index contributed by atoms with van der Waals surface area (Å²) in [7, 11) is 0. The van der Waals surface area contributed by atoms with E-state index in [2.05, 4.69) is 32.6 Å². The average Bonchev–Trinajstić information content (AvgIpc) is 3.00. The van der Waals surface area contributed by atoms with Crippen LogP contribution in [0.15, 0.2) is 35.5 Å². The lowest BCUT2D eigenvalue weighted by Crippen LogP contribution is -2.36. The van der Waals surface area contributed by atoms with Gasteiger partial charge in [-0.3, -0.25) is 0 Å². The maximum Gasteiger partial charge on any atom is 0.0811 e. The van der Waals surface area contributed by atoms with Crippen LogP contribution < -0.4 is 0 Å². The number of rotatable bonds is 6. The normalized spacial score (nSPS) is 38.8. The second-order valence-electron chi connectivity index (χ2n) is 11.3. The van der Waals surface area contributed by atoms with Gasteiger partial charge in [0.15, 0.2) is 0 Å². The Morgan fingerprint density at radius 2 is 1.97 bits per heavy atom. The molecule has 0 aromatic carbocycles. The Kier molecular flexibility index (Phi) is 7.37. The van der Waals surface area contributed by atoms with Gasteiger partial charge in [-0.2, -0.15) is 0 Å². The molecule has 3 aliphatic rings. The Labute approximate surface area is 184 Å². The minimum absolute atomic E-state index is 0.374. The van der Waals surface area contributed by atoms with Crippen molar-refractivity contribution in [3.63, 3.8) is 0 Å². The third kappa shape index (κ3) is 5.29. The fraction of sp³-hybridized carbons (Fsp3) is 0.778. The third-order valence-electron chi connectivity index (χ3n) is 8.44. The number of hydrogen-bond donors (Lipinski definition) is 3. The molecule has 0 spiro atoms. The molecule has 0 heterocycles. The van der Waals surface area contributed by atoms with Crippen molar-refractivity contribution in [3.8, 4) is 0 Å². The van der Waals surface area contributed by atoms with Gasteiger partial charge in [-0.05, 0) is 93.1 Å². The number of allylic oxidation sites excluding steroid dienone is 3. The number of aliphatic hydroxyl groups is 3. The first-order chi connectivity index (χ1) is 14.0. The second kappa shape index (κ2) is 9.30. The van der Waals surface area contributed by atoms with Gasteiger partial charge in [-0.25, -0.2) is 0 Å². The molecule has 4 unspecified atom stereocenters. The van der Waals surface area contributed by atoms with Gasteiger partial charge in [0.2, 0.25) is 0 Å². The summed E-state index contributed by atoms with van der Waals surface area (Å²) in [6.45, 7) is 12.8. The first kappa shape index (κ1) is 23.8. The molecule has 6 atom stereocenters. The Morgan fingerprint density at radius 3 is 2.67 bits per heavy atom. The van der Waals surface area contributed by atoms with E-state index in [9.17, 15) is 15.3 Å². The molecule has 3 nitrogen and oxygen atoms in total. The third-order valence-corrected chi connectivity index (χ3v) is 8.44. The number of hydrogen-bond acceptors (Lipinski definition) is 3. The van der Waals surface area contributed by atoms with Crippen LogP contribution >= 0.6 is 0 Å². The van der Waals surface area contributed by atoms with E-state index in [1.807, 2.05) is 13.8 Å². The van der Waals surface area contributed by atoms with Gasteiger partial charge in [-0.1, -0.05) is 51.0 Å². The van der Waals surface area contributed by atoms with Crippen LogP contribution in [0.1, 0.15) is 91.9 Å². The molecule has 3 saturated carbocycles. The van der Waals surface area contributed by atoms with E-state index in [-0.39, 0.29) is 0 Å². The topological polar surface area (TPSA) is 60.7 Å². The molecular formula is C27H44O3. The molecule has 3 rings (SSSR count). The average molecular weight is 417 g/mol. The molecule has 3 aliphatic carbocycles. The number of fused-ring (bicyclic) bond motifs is 1. The van der Waals surface area contributed by atoms with Crippen LogP contribution in [0.5, 0.6) is 0 Å². The largest absolute Gasteiger partial charge is 0.393 e. The highest BCUT2D eigenvalue weighted by Crippen LogP contribution is 2.60. The Hall–Kier alpha value is -0.900. The maximum absolute atomic E-state index is 10.1. The van der Waals surface area contributed by atoms with Crippen molar-refractivity contribution >= 4 is 0 Å². The zero-order chi connectivity index (χ0) is 22.1. The summed E-state index contributed by atoms with van der Waals surface area (Å²) in [5.74, 6) is 2.11. The molecule has 0 aromatic heterocycles. The van der Waals surface area contributed by atoms with Crippen molar-refractivity contribution in [2.24, 2.45) is 23.2 Å². The van der Waals surface area contributed by atoms with Crippen molar-refractivity contribution in [1.29, 1.82) is 0 Å². The lowest BCUT2D eigenvalue weighted by Gasteiger charge is -2.44. The molecule has 0 aliphatic heterocycles. The molecular weight excluding hydrogens is 372 g/mol. The molecule has 0 aromatic rings. The van der Waals surface area contributed by atoms with Crippen LogP contribution in [-0.4, -0.2) is 33.1 Å². The van der Waals surface area contributed by atoms with Gasteiger partial charge in [0, 0.05) is 6.42 Å². The predicted molar refractivity (Wildman–Crippen MR) is 124 cm³/mol. The van der Waals surface area contributed by atoms with E-state index in [0.717, 1.165) is 29.9 Å². The SMILES string of the molecule is C=C1/C(=C\C=C2/CCC[C@@]3(C)C2CCC3C(C)CCCC(C)(C)O)CC(O)C[C@@H]1O. The fourth-order valence-electron chi connectivity index (χ4n) is 6.74. The van der Waals surface area contributed by atoms with Gasteiger partial charge in [0.25, 0.3) is 0 Å². The monoisotopic (exact) mass is 416 g/mol. The molecule has 0 radical (unpaired) electrons. The summed E-state index contributed by atoms with van der Waals surface area (Å²) in [6, 6.07) is 0. The molecule has 30 heavy (non-hydrogen) atoms. The highest BCUT2D eigenvalue weighted by Gasteiger charge is 2.50. The van der Waals surface area contributed by atoms with Crippen LogP contribution in [0.2, 0.25) is 0 Å². The minimum Gasteiger partial charge on any atom is -0.393 e. The van der Waals surface area contributed by atoms with Gasteiger partial charge < -0.3 is 15.3 Å². The molecule has 0 amide bonds. The van der Waals surface area contributed by atoms with Crippen molar-refractivity contribution in [2.45, 2.75) is 110 Å². The summed E-state index contributed by atoms with van der Waals surface area (Å²) in [6.07, 6.45) is 13.9. The van der Waals surface area contributed by atoms with Crippen LogP contribution in [0.25, 0.3) is 0 Å². The zero-order valence-electron chi connectivity index (χ0n) is 19.7. The maximum atomic E-state index is 10.1. The van der Waals surface area contributed by atoms with Crippen molar-refractivity contribution in [1.82, 2.24) is 0 Å². The summed E-state index contributed by atoms with van der Waals surface area (Å²) < 4.78 is 0. The summed E-state index contributed by atoms with van der Waals surface area (Å²) >= 11 is 0. The lowest BCUT2D eigenvalue weighted by atomic mass is 9.60. The van der Waals surface area contributed by atoms with Gasteiger partial charge in [0.05, 0.1) is 17.8 Å². The molecule has 0 saturated heterocycles. The molecule has 0 bridgehead atoms. The smallest absolute Gasteiger partial charge is 0.0811 e. The van der Waals surface area contributed by atoms with Gasteiger partial charge >= 0.3 is 0 Å². The number of aliphatic hydroxyl groups excluding tert-OH is 2. The van der Waals surface area contributed by atoms with Crippen LogP contribution in [0.3, 0.4) is 0 Å². The van der Waals surface area contributed by atoms with Crippen molar-refractivity contribution in [2.75, 3.05) is 0 Å². The van der Waals surface area contributed by atoms with E-state index in [4.69, 9.17) is 0 Å². The lowest BCUT2D eigenvalue weighted by molar-refractivity contribution is 0.0596. The summed E-state index contributed by atoms with van der Waals surface area (Å²) in [5, 5.41) is 30.2.